The Balaban J connectivity index is 1.74. The van der Waals surface area contributed by atoms with Gasteiger partial charge in [0.05, 0.1) is 39.6 Å². The molecule has 0 saturated heterocycles. The van der Waals surface area contributed by atoms with Crippen LogP contribution >= 0.6 is 0 Å². The first-order valence-corrected chi connectivity index (χ1v) is 14.8. The maximum absolute atomic E-state index is 14.4. The first-order chi connectivity index (χ1) is 21.2. The van der Waals surface area contributed by atoms with E-state index >= 15 is 0 Å². The summed E-state index contributed by atoms with van der Waals surface area (Å²) in [6.07, 6.45) is -0.595. The van der Waals surface area contributed by atoms with Crippen LogP contribution in [0.4, 0.5) is 0 Å². The lowest BCUT2D eigenvalue weighted by molar-refractivity contribution is -0.0788. The summed E-state index contributed by atoms with van der Waals surface area (Å²) < 4.78 is 39.2. The minimum absolute atomic E-state index is 0.222. The molecule has 0 saturated carbocycles. The van der Waals surface area contributed by atoms with Crippen LogP contribution in [0.5, 0.6) is 34.5 Å². The van der Waals surface area contributed by atoms with E-state index in [0.29, 0.717) is 67.4 Å². The van der Waals surface area contributed by atoms with Crippen molar-refractivity contribution >= 4 is 21.8 Å². The third-order valence-corrected chi connectivity index (χ3v) is 9.31. The Morgan fingerprint density at radius 2 is 1.29 bits per heavy atom. The molecule has 45 heavy (non-hydrogen) atoms. The van der Waals surface area contributed by atoms with Gasteiger partial charge in [-0.1, -0.05) is 0 Å². The quantitative estimate of drug-likeness (QED) is 0.330. The zero-order valence-corrected chi connectivity index (χ0v) is 27.4. The molecule has 2 aliphatic rings. The number of nitrogens with zero attached hydrogens (tertiary/aromatic N) is 2. The molecule has 2 aromatic carbocycles. The highest BCUT2D eigenvalue weighted by Gasteiger charge is 2.56. The molecule has 11 heteroatoms. The van der Waals surface area contributed by atoms with Crippen molar-refractivity contribution in [2.75, 3.05) is 28.4 Å². The second kappa shape index (κ2) is 10.3. The fourth-order valence-electron chi connectivity index (χ4n) is 7.49. The van der Waals surface area contributed by atoms with Crippen LogP contribution in [0.2, 0.25) is 0 Å². The Hall–Kier alpha value is -4.38. The molecule has 240 valence electrons. The molecule has 0 radical (unpaired) electrons. The molecule has 11 nitrogen and oxygen atoms in total. The second-order valence-corrected chi connectivity index (χ2v) is 13.0. The molecule has 4 heterocycles. The molecular formula is C34H40N2O9. The zero-order valence-electron chi connectivity index (χ0n) is 27.4. The number of hydrogen-bond donors (Lipinski definition) is 1. The predicted molar refractivity (Wildman–Crippen MR) is 170 cm³/mol. The van der Waals surface area contributed by atoms with Gasteiger partial charge in [-0.25, -0.2) is 0 Å². The van der Waals surface area contributed by atoms with Gasteiger partial charge < -0.3 is 42.7 Å². The first-order valence-electron chi connectivity index (χ1n) is 14.8. The number of aryl methyl sites for hydroxylation is 2. The Bertz CT molecular complexity index is 1980. The smallest absolute Gasteiger partial charge is 0.261 e. The van der Waals surface area contributed by atoms with Crippen molar-refractivity contribution in [3.05, 3.63) is 56.1 Å². The van der Waals surface area contributed by atoms with Gasteiger partial charge in [0.1, 0.15) is 39.8 Å². The van der Waals surface area contributed by atoms with Crippen LogP contribution in [0.1, 0.15) is 57.3 Å². The van der Waals surface area contributed by atoms with E-state index in [1.807, 2.05) is 26.0 Å². The normalized spacial score (nSPS) is 20.0. The van der Waals surface area contributed by atoms with Gasteiger partial charge in [0.15, 0.2) is 23.0 Å². The molecule has 4 aromatic rings. The number of benzene rings is 2. The van der Waals surface area contributed by atoms with Gasteiger partial charge in [0, 0.05) is 36.7 Å². The van der Waals surface area contributed by atoms with Crippen LogP contribution in [-0.4, -0.2) is 53.9 Å². The Labute approximate surface area is 260 Å². The van der Waals surface area contributed by atoms with E-state index in [4.69, 9.17) is 28.4 Å². The van der Waals surface area contributed by atoms with Gasteiger partial charge in [-0.2, -0.15) is 0 Å². The SMILES string of the molecule is COc1ccc2c3c(c(=O)n(C)c2c1OC)[C@@H](CC(C)(C)O)[C@@H]1[C@@H](O3)c2c(c3ccc(OC)c(OC)c3n(C)c2=O)OC1(C)C. The van der Waals surface area contributed by atoms with Crippen molar-refractivity contribution in [1.82, 2.24) is 9.13 Å². The number of aromatic nitrogens is 2. The molecule has 2 aromatic heterocycles. The van der Waals surface area contributed by atoms with E-state index in [-0.39, 0.29) is 17.5 Å². The monoisotopic (exact) mass is 620 g/mol. The minimum atomic E-state index is -1.16. The van der Waals surface area contributed by atoms with E-state index in [2.05, 4.69) is 0 Å². The Kier molecular flexibility index (Phi) is 7.04. The summed E-state index contributed by atoms with van der Waals surface area (Å²) in [5, 5.41) is 12.5. The molecule has 0 fully saturated rings. The van der Waals surface area contributed by atoms with Gasteiger partial charge >= 0.3 is 0 Å². The number of hydrogen-bond acceptors (Lipinski definition) is 9. The number of fused-ring (bicyclic) bond motifs is 8. The maximum atomic E-state index is 14.4. The molecule has 0 unspecified atom stereocenters. The molecule has 3 atom stereocenters. The minimum Gasteiger partial charge on any atom is -0.493 e. The summed E-state index contributed by atoms with van der Waals surface area (Å²) in [6.45, 7) is 7.30. The summed E-state index contributed by atoms with van der Waals surface area (Å²) in [5.41, 5.74) is -0.933. The highest BCUT2D eigenvalue weighted by Crippen LogP contribution is 2.59. The van der Waals surface area contributed by atoms with E-state index in [1.54, 1.807) is 47.2 Å². The topological polar surface area (TPSA) is 120 Å². The summed E-state index contributed by atoms with van der Waals surface area (Å²) >= 11 is 0. The molecule has 2 aliphatic heterocycles. The maximum Gasteiger partial charge on any atom is 0.261 e. The predicted octanol–water partition coefficient (Wildman–Crippen LogP) is 4.59. The molecule has 0 bridgehead atoms. The number of methoxy groups -OCH3 is 4. The molecule has 0 amide bonds. The van der Waals surface area contributed by atoms with Crippen molar-refractivity contribution in [2.45, 2.75) is 57.3 Å². The summed E-state index contributed by atoms with van der Waals surface area (Å²) in [5.74, 6) is 1.42. The van der Waals surface area contributed by atoms with Gasteiger partial charge in [-0.05, 0) is 58.4 Å². The highest BCUT2D eigenvalue weighted by molar-refractivity contribution is 5.95. The van der Waals surface area contributed by atoms with Gasteiger partial charge in [-0.15, -0.1) is 0 Å². The van der Waals surface area contributed by atoms with Gasteiger partial charge in [0.2, 0.25) is 0 Å². The summed E-state index contributed by atoms with van der Waals surface area (Å²) in [7, 11) is 9.48. The number of ether oxygens (including phenoxy) is 6. The third-order valence-electron chi connectivity index (χ3n) is 9.31. The van der Waals surface area contributed by atoms with E-state index in [0.717, 1.165) is 0 Å². The number of rotatable bonds is 6. The van der Waals surface area contributed by atoms with Crippen LogP contribution < -0.4 is 39.5 Å². The van der Waals surface area contributed by atoms with Crippen molar-refractivity contribution in [1.29, 1.82) is 0 Å². The lowest BCUT2D eigenvalue weighted by atomic mass is 9.65. The first kappa shape index (κ1) is 30.6. The summed E-state index contributed by atoms with van der Waals surface area (Å²) in [4.78, 5) is 28.7. The lowest BCUT2D eigenvalue weighted by Gasteiger charge is -2.51. The van der Waals surface area contributed by atoms with Crippen molar-refractivity contribution < 1.29 is 33.5 Å². The lowest BCUT2D eigenvalue weighted by Crippen LogP contribution is -2.54. The molecule has 0 aliphatic carbocycles. The summed E-state index contributed by atoms with van der Waals surface area (Å²) in [6, 6.07) is 7.22. The van der Waals surface area contributed by atoms with Gasteiger partial charge in [0.25, 0.3) is 11.1 Å². The third kappa shape index (κ3) is 4.34. The Morgan fingerprint density at radius 1 is 0.800 bits per heavy atom. The second-order valence-electron chi connectivity index (χ2n) is 13.0. The Morgan fingerprint density at radius 3 is 1.76 bits per heavy atom. The molecule has 6 rings (SSSR count). The molecular weight excluding hydrogens is 580 g/mol. The van der Waals surface area contributed by atoms with E-state index < -0.39 is 29.1 Å². The van der Waals surface area contributed by atoms with E-state index in [1.165, 1.54) is 30.5 Å². The highest BCUT2D eigenvalue weighted by atomic mass is 16.5. The average Bonchev–Trinajstić information content (AvgIpc) is 2.99. The largest absolute Gasteiger partial charge is 0.493 e. The fourth-order valence-corrected chi connectivity index (χ4v) is 7.49. The van der Waals surface area contributed by atoms with E-state index in [9.17, 15) is 14.7 Å². The standard InChI is InChI=1S/C34H40N2O9/c1-33(2,39)15-18-21-26(16-11-13-19(40-7)28(42-9)24(16)35(5)31(21)37)44-30-22-27(45-34(3,4)23(18)30)17-12-14-20(41-8)29(43-10)25(17)36(6)32(22)38/h11-14,18,23,30,39H,15H2,1-10H3/t18-,23-,30+/m1/s1. The van der Waals surface area contributed by atoms with Crippen molar-refractivity contribution in [3.8, 4) is 34.5 Å². The van der Waals surface area contributed by atoms with Crippen molar-refractivity contribution in [2.24, 2.45) is 20.0 Å². The number of aliphatic hydroxyl groups is 1. The van der Waals surface area contributed by atoms with Crippen molar-refractivity contribution in [3.63, 3.8) is 0 Å². The van der Waals surface area contributed by atoms with Gasteiger partial charge in [-0.3, -0.25) is 9.59 Å². The van der Waals surface area contributed by atoms with Crippen LogP contribution in [0.3, 0.4) is 0 Å². The average molecular weight is 621 g/mol. The van der Waals surface area contributed by atoms with Crippen LogP contribution in [0.15, 0.2) is 33.9 Å². The fraction of sp³-hybridized carbons (Fsp3) is 0.471. The van der Waals surface area contributed by atoms with Crippen LogP contribution in [0, 0.1) is 5.92 Å². The van der Waals surface area contributed by atoms with Crippen LogP contribution in [-0.2, 0) is 14.1 Å². The molecule has 1 N–H and O–H groups in total. The van der Waals surface area contributed by atoms with Crippen LogP contribution in [0.25, 0.3) is 21.8 Å². The number of pyridine rings is 2. The molecule has 0 spiro atoms. The zero-order chi connectivity index (χ0) is 32.7.